The smallest absolute Gasteiger partial charge is 0.269 e. The fraction of sp³-hybridized carbons (Fsp3) is 0.333. The second-order valence-corrected chi connectivity index (χ2v) is 7.32. The minimum Gasteiger partial charge on any atom is -0.393 e. The Labute approximate surface area is 160 Å². The van der Waals surface area contributed by atoms with Gasteiger partial charge in [0.25, 0.3) is 5.91 Å². The number of aromatic nitrogens is 3. The van der Waals surface area contributed by atoms with Gasteiger partial charge < -0.3 is 20.9 Å². The summed E-state index contributed by atoms with van der Waals surface area (Å²) < 4.78 is 5.90. The minimum absolute atomic E-state index is 0.159. The predicted molar refractivity (Wildman–Crippen MR) is 104 cm³/mol. The van der Waals surface area contributed by atoms with Crippen molar-refractivity contribution in [3.8, 4) is 0 Å². The van der Waals surface area contributed by atoms with E-state index >= 15 is 0 Å². The number of aliphatic hydroxyl groups is 1. The number of anilines is 1. The highest BCUT2D eigenvalue weighted by molar-refractivity contribution is 7.19. The molecule has 2 atom stereocenters. The van der Waals surface area contributed by atoms with Crippen molar-refractivity contribution < 1.29 is 14.6 Å². The van der Waals surface area contributed by atoms with Gasteiger partial charge in [-0.15, -0.1) is 11.3 Å². The van der Waals surface area contributed by atoms with Crippen molar-refractivity contribution in [2.75, 3.05) is 19.0 Å². The summed E-state index contributed by atoms with van der Waals surface area (Å²) in [5, 5.41) is 12.8. The third-order valence-corrected chi connectivity index (χ3v) is 5.03. The molecule has 0 saturated carbocycles. The second-order valence-electron chi connectivity index (χ2n) is 6.18. The normalized spacial score (nSPS) is 13.4. The maximum Gasteiger partial charge on any atom is 0.269 e. The van der Waals surface area contributed by atoms with Crippen molar-refractivity contribution in [1.29, 1.82) is 0 Å². The van der Waals surface area contributed by atoms with E-state index in [9.17, 15) is 9.90 Å². The average molecular weight is 387 g/mol. The Kier molecular flexibility index (Phi) is 5.94. The molecule has 3 heterocycles. The molecule has 0 spiro atoms. The molecule has 0 unspecified atom stereocenters. The molecule has 8 nitrogen and oxygen atoms in total. The van der Waals surface area contributed by atoms with E-state index in [4.69, 9.17) is 10.5 Å². The van der Waals surface area contributed by atoms with E-state index in [0.29, 0.717) is 23.2 Å². The van der Waals surface area contributed by atoms with Gasteiger partial charge in [0.15, 0.2) is 5.69 Å². The number of aliphatic hydroxyl groups excluding tert-OH is 1. The number of nitrogens with two attached hydrogens (primary N) is 1. The molecule has 27 heavy (non-hydrogen) atoms. The van der Waals surface area contributed by atoms with Gasteiger partial charge in [-0.05, 0) is 24.6 Å². The van der Waals surface area contributed by atoms with Gasteiger partial charge in [-0.25, -0.2) is 9.97 Å². The molecule has 3 aromatic heterocycles. The predicted octanol–water partition coefficient (Wildman–Crippen LogP) is 1.91. The summed E-state index contributed by atoms with van der Waals surface area (Å²) >= 11 is 1.37. The Bertz CT molecular complexity index is 929. The second kappa shape index (κ2) is 8.38. The Morgan fingerprint density at radius 1 is 1.44 bits per heavy atom. The number of carbonyl (C=O) groups excluding carboxylic acids is 1. The Balaban J connectivity index is 1.99. The van der Waals surface area contributed by atoms with Crippen molar-refractivity contribution >= 4 is 33.4 Å². The zero-order valence-corrected chi connectivity index (χ0v) is 15.9. The first kappa shape index (κ1) is 19.2. The lowest BCUT2D eigenvalue weighted by Crippen LogP contribution is -2.20. The van der Waals surface area contributed by atoms with Gasteiger partial charge in [0.2, 0.25) is 5.95 Å². The van der Waals surface area contributed by atoms with Crippen LogP contribution in [0.1, 0.15) is 33.9 Å². The number of amides is 1. The lowest BCUT2D eigenvalue weighted by molar-refractivity contribution is 0.0997. The molecule has 0 aliphatic heterocycles. The average Bonchev–Trinajstić information content (AvgIpc) is 3.02. The van der Waals surface area contributed by atoms with Crippen LogP contribution in [0, 0.1) is 0 Å². The van der Waals surface area contributed by atoms with Gasteiger partial charge in [-0.2, -0.15) is 0 Å². The van der Waals surface area contributed by atoms with Gasteiger partial charge in [0.1, 0.15) is 0 Å². The Hall–Kier alpha value is -2.62. The van der Waals surface area contributed by atoms with Crippen LogP contribution in [-0.4, -0.2) is 45.8 Å². The quantitative estimate of drug-likeness (QED) is 0.539. The molecule has 0 radical (unpaired) electrons. The van der Waals surface area contributed by atoms with Gasteiger partial charge in [-0.1, -0.05) is 6.07 Å². The van der Waals surface area contributed by atoms with Crippen molar-refractivity contribution in [2.45, 2.75) is 25.5 Å². The summed E-state index contributed by atoms with van der Waals surface area (Å²) in [5.41, 5.74) is 7.21. The van der Waals surface area contributed by atoms with E-state index in [-0.39, 0.29) is 17.7 Å². The van der Waals surface area contributed by atoms with Gasteiger partial charge in [0.05, 0.1) is 29.0 Å². The van der Waals surface area contributed by atoms with Crippen LogP contribution in [-0.2, 0) is 11.2 Å². The van der Waals surface area contributed by atoms with Crippen LogP contribution < -0.4 is 11.1 Å². The maximum absolute atomic E-state index is 11.9. The summed E-state index contributed by atoms with van der Waals surface area (Å²) in [6.45, 7) is 2.08. The highest BCUT2D eigenvalue weighted by Crippen LogP contribution is 2.29. The van der Waals surface area contributed by atoms with Crippen LogP contribution in [0.3, 0.4) is 0 Å². The number of rotatable bonds is 8. The fourth-order valence-corrected chi connectivity index (χ4v) is 3.94. The third kappa shape index (κ3) is 4.57. The number of primary amides is 1. The molecule has 4 N–H and O–H groups in total. The molecular weight excluding hydrogens is 366 g/mol. The first-order valence-electron chi connectivity index (χ1n) is 8.41. The maximum atomic E-state index is 11.9. The first-order chi connectivity index (χ1) is 13.0. The summed E-state index contributed by atoms with van der Waals surface area (Å²) in [6.07, 6.45) is 3.41. The lowest BCUT2D eigenvalue weighted by Gasteiger charge is -2.18. The molecule has 0 fully saturated rings. The number of nitrogens with zero attached hydrogens (tertiary/aromatic N) is 3. The number of thiophene rings is 1. The van der Waals surface area contributed by atoms with Gasteiger partial charge in [0, 0.05) is 30.8 Å². The topological polar surface area (TPSA) is 123 Å². The molecule has 0 aliphatic rings. The number of methoxy groups -OCH3 is 1. The van der Waals surface area contributed by atoms with Crippen molar-refractivity contribution in [3.05, 3.63) is 46.7 Å². The van der Waals surface area contributed by atoms with Crippen LogP contribution in [0.4, 0.5) is 5.95 Å². The molecular formula is C18H21N5O3S. The van der Waals surface area contributed by atoms with Gasteiger partial charge >= 0.3 is 0 Å². The highest BCUT2D eigenvalue weighted by Gasteiger charge is 2.19. The zero-order valence-electron chi connectivity index (χ0n) is 15.0. The molecule has 0 saturated heterocycles. The van der Waals surface area contributed by atoms with Crippen LogP contribution in [0.5, 0.6) is 0 Å². The number of hydrogen-bond acceptors (Lipinski definition) is 8. The van der Waals surface area contributed by atoms with E-state index in [1.165, 1.54) is 11.3 Å². The summed E-state index contributed by atoms with van der Waals surface area (Å²) in [5.74, 6) is -0.343. The SMILES string of the molecule is COC[C@H](Nc1nc(C(N)=O)c2sc(C[C@H](C)O)cc2n1)c1cccnc1. The number of ether oxygens (including phenoxy) is 1. The van der Waals surface area contributed by atoms with Crippen molar-refractivity contribution in [2.24, 2.45) is 5.73 Å². The van der Waals surface area contributed by atoms with Crippen molar-refractivity contribution in [1.82, 2.24) is 15.0 Å². The number of fused-ring (bicyclic) bond motifs is 1. The molecule has 0 aliphatic carbocycles. The Morgan fingerprint density at radius 3 is 2.89 bits per heavy atom. The van der Waals surface area contributed by atoms with Crippen LogP contribution in [0.25, 0.3) is 10.2 Å². The minimum atomic E-state index is -0.624. The fourth-order valence-electron chi connectivity index (χ4n) is 2.73. The van der Waals surface area contributed by atoms with Crippen LogP contribution >= 0.6 is 11.3 Å². The van der Waals surface area contributed by atoms with Crippen LogP contribution in [0.15, 0.2) is 30.6 Å². The van der Waals surface area contributed by atoms with E-state index in [1.54, 1.807) is 26.4 Å². The Morgan fingerprint density at radius 2 is 2.26 bits per heavy atom. The molecule has 9 heteroatoms. The summed E-state index contributed by atoms with van der Waals surface area (Å²) in [7, 11) is 1.60. The van der Waals surface area contributed by atoms with E-state index in [2.05, 4.69) is 20.3 Å². The number of hydrogen-bond donors (Lipinski definition) is 3. The number of pyridine rings is 1. The lowest BCUT2D eigenvalue weighted by atomic mass is 10.1. The van der Waals surface area contributed by atoms with Crippen LogP contribution in [0.2, 0.25) is 0 Å². The standard InChI is InChI=1S/C18H21N5O3S/c1-10(24)6-12-7-13-16(27-12)15(17(19)25)23-18(21-13)22-14(9-26-2)11-4-3-5-20-8-11/h3-5,7-8,10,14,24H,6,9H2,1-2H3,(H2,19,25)(H,21,22,23)/t10-,14-/m0/s1. The van der Waals surface area contributed by atoms with E-state index in [0.717, 1.165) is 10.4 Å². The molecule has 0 aromatic carbocycles. The largest absolute Gasteiger partial charge is 0.393 e. The zero-order chi connectivity index (χ0) is 19.4. The highest BCUT2D eigenvalue weighted by atomic mass is 32.1. The molecule has 0 bridgehead atoms. The van der Waals surface area contributed by atoms with E-state index < -0.39 is 12.0 Å². The number of carbonyl (C=O) groups is 1. The third-order valence-electron chi connectivity index (χ3n) is 3.88. The summed E-state index contributed by atoms with van der Waals surface area (Å²) in [4.78, 5) is 25.8. The molecule has 3 aromatic rings. The molecule has 1 amide bonds. The van der Waals surface area contributed by atoms with Gasteiger partial charge in [-0.3, -0.25) is 9.78 Å². The summed E-state index contributed by atoms with van der Waals surface area (Å²) in [6, 6.07) is 5.36. The first-order valence-corrected chi connectivity index (χ1v) is 9.23. The number of nitrogens with one attached hydrogen (secondary N) is 1. The van der Waals surface area contributed by atoms with Crippen molar-refractivity contribution in [3.63, 3.8) is 0 Å². The van der Waals surface area contributed by atoms with E-state index in [1.807, 2.05) is 18.2 Å². The molecule has 3 rings (SSSR count). The monoisotopic (exact) mass is 387 g/mol. The molecule has 142 valence electrons.